The van der Waals surface area contributed by atoms with E-state index in [0.717, 1.165) is 0 Å². The van der Waals surface area contributed by atoms with Crippen LogP contribution in [0.4, 0.5) is 16.2 Å². The van der Waals surface area contributed by atoms with Gasteiger partial charge >= 0.3 is 11.8 Å². The summed E-state index contributed by atoms with van der Waals surface area (Å²) in [5.41, 5.74) is 2.09. The van der Waals surface area contributed by atoms with E-state index in [0.29, 0.717) is 40.5 Å². The second-order valence-corrected chi connectivity index (χ2v) is 5.44. The Balaban J connectivity index is 1.78. The minimum absolute atomic E-state index is 0.414. The van der Waals surface area contributed by atoms with E-state index >= 15 is 0 Å². The number of methoxy groups -OCH3 is 2. The molecule has 8 nitrogen and oxygen atoms in total. The molecular formula is C18H19N3O5. The first kappa shape index (κ1) is 17.4. The van der Waals surface area contributed by atoms with Crippen molar-refractivity contribution in [1.29, 1.82) is 0 Å². The number of fused-ring (bicyclic) bond motifs is 1. The van der Waals surface area contributed by atoms with Gasteiger partial charge in [-0.1, -0.05) is 0 Å². The molecule has 136 valence electrons. The van der Waals surface area contributed by atoms with Crippen LogP contribution in [-0.2, 0) is 6.54 Å². The Labute approximate surface area is 149 Å². The lowest BCUT2D eigenvalue weighted by molar-refractivity contribution is 0.262. The van der Waals surface area contributed by atoms with Crippen molar-refractivity contribution >= 4 is 28.5 Å². The average molecular weight is 357 g/mol. The van der Waals surface area contributed by atoms with Crippen LogP contribution in [0.2, 0.25) is 0 Å². The van der Waals surface area contributed by atoms with Crippen molar-refractivity contribution in [3.63, 3.8) is 0 Å². The van der Waals surface area contributed by atoms with Gasteiger partial charge in [0.2, 0.25) is 0 Å². The SMILES string of the molecule is CCn1c(=O)oc2cc(NC(=O)Nc3ccc(OC)cc3OC)ccc21. The molecular weight excluding hydrogens is 338 g/mol. The van der Waals surface area contributed by atoms with E-state index in [9.17, 15) is 9.59 Å². The largest absolute Gasteiger partial charge is 0.497 e. The number of anilines is 2. The van der Waals surface area contributed by atoms with E-state index in [1.165, 1.54) is 11.7 Å². The Bertz CT molecular complexity index is 1010. The Morgan fingerprint density at radius 2 is 1.92 bits per heavy atom. The molecule has 1 heterocycles. The Kier molecular flexibility index (Phi) is 4.83. The number of hydrogen-bond donors (Lipinski definition) is 2. The molecule has 0 saturated heterocycles. The minimum atomic E-state index is -0.454. The van der Waals surface area contributed by atoms with Gasteiger partial charge < -0.3 is 24.5 Å². The van der Waals surface area contributed by atoms with E-state index in [4.69, 9.17) is 13.9 Å². The topological polar surface area (TPSA) is 94.7 Å². The molecule has 3 rings (SSSR count). The van der Waals surface area contributed by atoms with Crippen LogP contribution in [0.15, 0.2) is 45.6 Å². The van der Waals surface area contributed by atoms with E-state index in [-0.39, 0.29) is 0 Å². The van der Waals surface area contributed by atoms with Crippen LogP contribution in [0.25, 0.3) is 11.1 Å². The molecule has 0 fully saturated rings. The average Bonchev–Trinajstić information content (AvgIpc) is 2.96. The highest BCUT2D eigenvalue weighted by atomic mass is 16.5. The predicted octanol–water partition coefficient (Wildman–Crippen LogP) is 3.28. The highest BCUT2D eigenvalue weighted by molar-refractivity contribution is 6.01. The van der Waals surface area contributed by atoms with Gasteiger partial charge in [-0.15, -0.1) is 0 Å². The van der Waals surface area contributed by atoms with Crippen molar-refractivity contribution in [3.05, 3.63) is 46.9 Å². The van der Waals surface area contributed by atoms with Gasteiger partial charge in [-0.3, -0.25) is 4.57 Å². The molecule has 0 bridgehead atoms. The molecule has 8 heteroatoms. The molecule has 0 aliphatic rings. The van der Waals surface area contributed by atoms with E-state index < -0.39 is 11.8 Å². The summed E-state index contributed by atoms with van der Waals surface area (Å²) in [4.78, 5) is 24.0. The zero-order valence-electron chi connectivity index (χ0n) is 14.7. The minimum Gasteiger partial charge on any atom is -0.497 e. The first-order chi connectivity index (χ1) is 12.5. The number of urea groups is 1. The number of nitrogens with zero attached hydrogens (tertiary/aromatic N) is 1. The van der Waals surface area contributed by atoms with Gasteiger partial charge in [0.15, 0.2) is 5.58 Å². The molecule has 3 aromatic rings. The van der Waals surface area contributed by atoms with E-state index in [1.54, 1.807) is 43.5 Å². The fourth-order valence-electron chi connectivity index (χ4n) is 2.63. The van der Waals surface area contributed by atoms with E-state index in [2.05, 4.69) is 10.6 Å². The number of oxazole rings is 1. The lowest BCUT2D eigenvalue weighted by Gasteiger charge is -2.12. The van der Waals surface area contributed by atoms with Crippen molar-refractivity contribution in [2.45, 2.75) is 13.5 Å². The van der Waals surface area contributed by atoms with Crippen LogP contribution in [0.5, 0.6) is 11.5 Å². The maximum absolute atomic E-state index is 12.3. The summed E-state index contributed by atoms with van der Waals surface area (Å²) in [5.74, 6) is 0.668. The molecule has 0 radical (unpaired) electrons. The van der Waals surface area contributed by atoms with Crippen LogP contribution in [0, 0.1) is 0 Å². The number of ether oxygens (including phenoxy) is 2. The van der Waals surface area contributed by atoms with Crippen LogP contribution in [-0.4, -0.2) is 24.8 Å². The van der Waals surface area contributed by atoms with Crippen molar-refractivity contribution in [1.82, 2.24) is 4.57 Å². The zero-order valence-corrected chi connectivity index (χ0v) is 14.7. The van der Waals surface area contributed by atoms with Crippen molar-refractivity contribution in [2.24, 2.45) is 0 Å². The lowest BCUT2D eigenvalue weighted by atomic mass is 10.2. The van der Waals surface area contributed by atoms with Crippen molar-refractivity contribution in [2.75, 3.05) is 24.9 Å². The van der Waals surface area contributed by atoms with Gasteiger partial charge in [-0.25, -0.2) is 9.59 Å². The predicted molar refractivity (Wildman–Crippen MR) is 98.3 cm³/mol. The highest BCUT2D eigenvalue weighted by Crippen LogP contribution is 2.29. The summed E-state index contributed by atoms with van der Waals surface area (Å²) in [7, 11) is 3.06. The summed E-state index contributed by atoms with van der Waals surface area (Å²) < 4.78 is 17.1. The summed E-state index contributed by atoms with van der Waals surface area (Å²) in [6.45, 7) is 2.37. The van der Waals surface area contributed by atoms with Crippen LogP contribution in [0.1, 0.15) is 6.92 Å². The zero-order chi connectivity index (χ0) is 18.7. The lowest BCUT2D eigenvalue weighted by Crippen LogP contribution is -2.19. The first-order valence-electron chi connectivity index (χ1n) is 7.99. The second kappa shape index (κ2) is 7.22. The smallest absolute Gasteiger partial charge is 0.419 e. The molecule has 0 saturated carbocycles. The number of amides is 2. The molecule has 0 aliphatic heterocycles. The first-order valence-corrected chi connectivity index (χ1v) is 7.99. The number of carbonyl (C=O) groups is 1. The van der Waals surface area contributed by atoms with Gasteiger partial charge in [0, 0.05) is 24.4 Å². The third-order valence-electron chi connectivity index (χ3n) is 3.90. The highest BCUT2D eigenvalue weighted by Gasteiger charge is 2.12. The summed E-state index contributed by atoms with van der Waals surface area (Å²) >= 11 is 0. The molecule has 0 unspecified atom stereocenters. The van der Waals surface area contributed by atoms with Crippen LogP contribution >= 0.6 is 0 Å². The quantitative estimate of drug-likeness (QED) is 0.731. The monoisotopic (exact) mass is 357 g/mol. The normalized spacial score (nSPS) is 10.6. The third kappa shape index (κ3) is 3.34. The number of rotatable bonds is 5. The molecule has 0 atom stereocenters. The van der Waals surface area contributed by atoms with E-state index in [1.807, 2.05) is 6.92 Å². The van der Waals surface area contributed by atoms with Crippen molar-refractivity contribution in [3.8, 4) is 11.5 Å². The van der Waals surface area contributed by atoms with Crippen molar-refractivity contribution < 1.29 is 18.7 Å². The number of aryl methyl sites for hydroxylation is 1. The number of hydrogen-bond acceptors (Lipinski definition) is 5. The third-order valence-corrected chi connectivity index (χ3v) is 3.90. The Hall–Kier alpha value is -3.42. The summed E-state index contributed by atoms with van der Waals surface area (Å²) in [6.07, 6.45) is 0. The van der Waals surface area contributed by atoms with Gasteiger partial charge in [0.25, 0.3) is 0 Å². The second-order valence-electron chi connectivity index (χ2n) is 5.44. The maximum Gasteiger partial charge on any atom is 0.419 e. The fraction of sp³-hybridized carbons (Fsp3) is 0.222. The molecule has 1 aromatic heterocycles. The Morgan fingerprint density at radius 3 is 2.62 bits per heavy atom. The number of nitrogens with one attached hydrogen (secondary N) is 2. The molecule has 26 heavy (non-hydrogen) atoms. The molecule has 2 aromatic carbocycles. The maximum atomic E-state index is 12.3. The van der Waals surface area contributed by atoms with Gasteiger partial charge in [-0.05, 0) is 31.2 Å². The summed E-state index contributed by atoms with van der Waals surface area (Å²) in [5, 5.41) is 5.41. The van der Waals surface area contributed by atoms with Gasteiger partial charge in [-0.2, -0.15) is 0 Å². The number of aromatic nitrogens is 1. The van der Waals surface area contributed by atoms with Gasteiger partial charge in [0.05, 0.1) is 25.4 Å². The summed E-state index contributed by atoms with van der Waals surface area (Å²) in [6, 6.07) is 9.65. The number of benzene rings is 2. The molecule has 0 spiro atoms. The Morgan fingerprint density at radius 1 is 1.12 bits per heavy atom. The number of carbonyl (C=O) groups excluding carboxylic acids is 1. The van der Waals surface area contributed by atoms with Crippen LogP contribution in [0.3, 0.4) is 0 Å². The molecule has 0 aliphatic carbocycles. The molecule has 2 amide bonds. The van der Waals surface area contributed by atoms with Crippen LogP contribution < -0.4 is 25.9 Å². The standard InChI is InChI=1S/C18H19N3O5/c1-4-21-14-8-5-11(9-16(14)26-18(21)23)19-17(22)20-13-7-6-12(24-2)10-15(13)25-3/h5-10H,4H2,1-3H3,(H2,19,20,22). The molecule has 2 N–H and O–H groups in total. The van der Waals surface area contributed by atoms with Gasteiger partial charge in [0.1, 0.15) is 11.5 Å². The fourth-order valence-corrected chi connectivity index (χ4v) is 2.63.